The van der Waals surface area contributed by atoms with Crippen LogP contribution >= 0.6 is 0 Å². The molecule has 2 nitrogen and oxygen atoms in total. The average molecular weight is 259 g/mol. The number of ether oxygens (including phenoxy) is 1. The molecule has 0 atom stereocenters. The molecule has 0 amide bonds. The van der Waals surface area contributed by atoms with Crippen molar-refractivity contribution in [3.8, 4) is 5.75 Å². The molecule has 0 spiro atoms. The molecular formula is C16H18FNO. The summed E-state index contributed by atoms with van der Waals surface area (Å²) in [6.45, 7) is 3.47. The maximum absolute atomic E-state index is 13.5. The van der Waals surface area contributed by atoms with Crippen LogP contribution in [-0.4, -0.2) is 7.11 Å². The van der Waals surface area contributed by atoms with Crippen LogP contribution in [0.25, 0.3) is 0 Å². The average Bonchev–Trinajstić information content (AvgIpc) is 2.41. The van der Waals surface area contributed by atoms with E-state index in [9.17, 15) is 4.39 Å². The number of benzene rings is 2. The first-order valence-corrected chi connectivity index (χ1v) is 6.27. The summed E-state index contributed by atoms with van der Waals surface area (Å²) in [5.41, 5.74) is 3.38. The first-order valence-electron chi connectivity index (χ1n) is 6.27. The van der Waals surface area contributed by atoms with Crippen molar-refractivity contribution >= 4 is 0 Å². The zero-order valence-corrected chi connectivity index (χ0v) is 11.2. The Morgan fingerprint density at radius 1 is 1.00 bits per heavy atom. The molecule has 0 aliphatic rings. The summed E-state index contributed by atoms with van der Waals surface area (Å²) in [4.78, 5) is 0. The Bertz CT molecular complexity index is 537. The second-order valence-electron chi connectivity index (χ2n) is 4.56. The lowest BCUT2D eigenvalue weighted by atomic mass is 10.1. The van der Waals surface area contributed by atoms with Crippen molar-refractivity contribution in [2.75, 3.05) is 7.11 Å². The van der Waals surface area contributed by atoms with Crippen LogP contribution in [-0.2, 0) is 13.1 Å². The van der Waals surface area contributed by atoms with Gasteiger partial charge in [0.15, 0.2) is 11.6 Å². The summed E-state index contributed by atoms with van der Waals surface area (Å²) in [6.07, 6.45) is 0. The van der Waals surface area contributed by atoms with Crippen molar-refractivity contribution in [1.29, 1.82) is 0 Å². The monoisotopic (exact) mass is 259 g/mol. The Morgan fingerprint density at radius 2 is 1.63 bits per heavy atom. The fourth-order valence-electron chi connectivity index (χ4n) is 1.88. The Balaban J connectivity index is 1.88. The highest BCUT2D eigenvalue weighted by Gasteiger charge is 2.03. The highest BCUT2D eigenvalue weighted by atomic mass is 19.1. The Labute approximate surface area is 113 Å². The lowest BCUT2D eigenvalue weighted by Crippen LogP contribution is -2.12. The summed E-state index contributed by atoms with van der Waals surface area (Å²) < 4.78 is 18.4. The van der Waals surface area contributed by atoms with E-state index in [1.165, 1.54) is 24.3 Å². The molecular weight excluding hydrogens is 241 g/mol. The zero-order valence-electron chi connectivity index (χ0n) is 11.2. The third-order valence-corrected chi connectivity index (χ3v) is 3.00. The standard InChI is InChI=1S/C16H18FNO/c1-12-3-5-13(6-4-12)10-18-11-14-7-8-16(19-2)15(17)9-14/h3-9,18H,10-11H2,1-2H3. The summed E-state index contributed by atoms with van der Waals surface area (Å²) in [5.74, 6) is -0.0422. The Kier molecular flexibility index (Phi) is 4.53. The maximum Gasteiger partial charge on any atom is 0.165 e. The van der Waals surface area contributed by atoms with Gasteiger partial charge in [0.05, 0.1) is 7.11 Å². The molecule has 2 aromatic rings. The van der Waals surface area contributed by atoms with Gasteiger partial charge in [-0.25, -0.2) is 4.39 Å². The highest BCUT2D eigenvalue weighted by molar-refractivity contribution is 5.29. The quantitative estimate of drug-likeness (QED) is 0.888. The van der Waals surface area contributed by atoms with Crippen molar-refractivity contribution in [3.05, 3.63) is 65.0 Å². The molecule has 0 bridgehead atoms. The fourth-order valence-corrected chi connectivity index (χ4v) is 1.88. The number of halogens is 1. The lowest BCUT2D eigenvalue weighted by Gasteiger charge is -2.07. The molecule has 0 fully saturated rings. The van der Waals surface area contributed by atoms with Gasteiger partial charge in [0, 0.05) is 13.1 Å². The van der Waals surface area contributed by atoms with Gasteiger partial charge in [-0.05, 0) is 30.2 Å². The summed E-state index contributed by atoms with van der Waals surface area (Å²) >= 11 is 0. The fraction of sp³-hybridized carbons (Fsp3) is 0.250. The predicted octanol–water partition coefficient (Wildman–Crippen LogP) is 3.43. The minimum Gasteiger partial charge on any atom is -0.494 e. The zero-order chi connectivity index (χ0) is 13.7. The Morgan fingerprint density at radius 3 is 2.26 bits per heavy atom. The summed E-state index contributed by atoms with van der Waals surface area (Å²) in [7, 11) is 1.47. The van der Waals surface area contributed by atoms with Crippen molar-refractivity contribution in [3.63, 3.8) is 0 Å². The predicted molar refractivity (Wildman–Crippen MR) is 74.7 cm³/mol. The molecule has 100 valence electrons. The van der Waals surface area contributed by atoms with Crippen molar-refractivity contribution in [1.82, 2.24) is 5.32 Å². The van der Waals surface area contributed by atoms with Crippen molar-refractivity contribution < 1.29 is 9.13 Å². The van der Waals surface area contributed by atoms with E-state index in [0.717, 1.165) is 12.1 Å². The molecule has 0 saturated carbocycles. The molecule has 0 aliphatic carbocycles. The van der Waals surface area contributed by atoms with Gasteiger partial charge in [-0.15, -0.1) is 0 Å². The lowest BCUT2D eigenvalue weighted by molar-refractivity contribution is 0.386. The van der Waals surface area contributed by atoms with E-state index < -0.39 is 0 Å². The molecule has 19 heavy (non-hydrogen) atoms. The molecule has 2 rings (SSSR count). The van der Waals surface area contributed by atoms with Gasteiger partial charge in [0.2, 0.25) is 0 Å². The van der Waals surface area contributed by atoms with Gasteiger partial charge in [-0.3, -0.25) is 0 Å². The van der Waals surface area contributed by atoms with Crippen LogP contribution in [0.2, 0.25) is 0 Å². The van der Waals surface area contributed by atoms with E-state index in [4.69, 9.17) is 4.74 Å². The van der Waals surface area contributed by atoms with Gasteiger partial charge < -0.3 is 10.1 Å². The number of hydrogen-bond donors (Lipinski definition) is 1. The molecule has 0 radical (unpaired) electrons. The molecule has 2 aromatic carbocycles. The van der Waals surface area contributed by atoms with Crippen LogP contribution in [0, 0.1) is 12.7 Å². The normalized spacial score (nSPS) is 10.5. The minimum atomic E-state index is -0.322. The van der Waals surface area contributed by atoms with E-state index >= 15 is 0 Å². The van der Waals surface area contributed by atoms with E-state index in [-0.39, 0.29) is 11.6 Å². The number of methoxy groups -OCH3 is 1. The van der Waals surface area contributed by atoms with Crippen LogP contribution in [0.3, 0.4) is 0 Å². The van der Waals surface area contributed by atoms with Crippen LogP contribution in [0.5, 0.6) is 5.75 Å². The second kappa shape index (κ2) is 6.34. The van der Waals surface area contributed by atoms with Crippen LogP contribution in [0.4, 0.5) is 4.39 Å². The maximum atomic E-state index is 13.5. The second-order valence-corrected chi connectivity index (χ2v) is 4.56. The summed E-state index contributed by atoms with van der Waals surface area (Å²) in [6, 6.07) is 13.4. The molecule has 1 N–H and O–H groups in total. The summed E-state index contributed by atoms with van der Waals surface area (Å²) in [5, 5.41) is 3.29. The smallest absolute Gasteiger partial charge is 0.165 e. The van der Waals surface area contributed by atoms with Crippen molar-refractivity contribution in [2.24, 2.45) is 0 Å². The van der Waals surface area contributed by atoms with Crippen LogP contribution in [0.1, 0.15) is 16.7 Å². The third-order valence-electron chi connectivity index (χ3n) is 3.00. The number of hydrogen-bond acceptors (Lipinski definition) is 2. The topological polar surface area (TPSA) is 21.3 Å². The van der Waals surface area contributed by atoms with Gasteiger partial charge in [-0.2, -0.15) is 0 Å². The number of aryl methyl sites for hydroxylation is 1. The molecule has 0 unspecified atom stereocenters. The Hall–Kier alpha value is -1.87. The van der Waals surface area contributed by atoms with E-state index in [2.05, 4.69) is 36.5 Å². The molecule has 3 heteroatoms. The van der Waals surface area contributed by atoms with Gasteiger partial charge in [-0.1, -0.05) is 35.9 Å². The van der Waals surface area contributed by atoms with Gasteiger partial charge >= 0.3 is 0 Å². The van der Waals surface area contributed by atoms with Gasteiger partial charge in [0.25, 0.3) is 0 Å². The van der Waals surface area contributed by atoms with E-state index in [1.807, 2.05) is 6.07 Å². The first-order chi connectivity index (χ1) is 9.19. The van der Waals surface area contributed by atoms with Crippen LogP contribution < -0.4 is 10.1 Å². The largest absolute Gasteiger partial charge is 0.494 e. The molecule has 0 heterocycles. The molecule has 0 saturated heterocycles. The van der Waals surface area contributed by atoms with E-state index in [1.54, 1.807) is 6.07 Å². The molecule has 0 aliphatic heterocycles. The van der Waals surface area contributed by atoms with Crippen molar-refractivity contribution in [2.45, 2.75) is 20.0 Å². The minimum absolute atomic E-state index is 0.280. The SMILES string of the molecule is COc1ccc(CNCc2ccc(C)cc2)cc1F. The van der Waals surface area contributed by atoms with E-state index in [0.29, 0.717) is 6.54 Å². The molecule has 0 aromatic heterocycles. The number of nitrogens with one attached hydrogen (secondary N) is 1. The van der Waals surface area contributed by atoms with Gasteiger partial charge in [0.1, 0.15) is 0 Å². The van der Waals surface area contributed by atoms with Crippen LogP contribution in [0.15, 0.2) is 42.5 Å². The third kappa shape index (κ3) is 3.80. The highest BCUT2D eigenvalue weighted by Crippen LogP contribution is 2.17. The number of rotatable bonds is 5. The first kappa shape index (κ1) is 13.6.